The van der Waals surface area contributed by atoms with Gasteiger partial charge < -0.3 is 19.9 Å². The number of hydrogen-bond donors (Lipinski definition) is 2. The first-order valence-electron chi connectivity index (χ1n) is 5.53. The first-order chi connectivity index (χ1) is 8.93. The van der Waals surface area contributed by atoms with Gasteiger partial charge in [-0.15, -0.1) is 0 Å². The van der Waals surface area contributed by atoms with E-state index in [1.54, 1.807) is 12.1 Å². The van der Waals surface area contributed by atoms with Crippen LogP contribution in [0.2, 0.25) is 0 Å². The number of alkyl halides is 2. The van der Waals surface area contributed by atoms with Crippen LogP contribution in [0.5, 0.6) is 11.5 Å². The summed E-state index contributed by atoms with van der Waals surface area (Å²) in [7, 11) is 3.02. The lowest BCUT2D eigenvalue weighted by Crippen LogP contribution is -2.35. The van der Waals surface area contributed by atoms with E-state index in [1.807, 2.05) is 0 Å². The van der Waals surface area contributed by atoms with Gasteiger partial charge in [-0.2, -0.15) is 0 Å². The lowest BCUT2D eigenvalue weighted by Gasteiger charge is -2.15. The van der Waals surface area contributed by atoms with Crippen LogP contribution >= 0.6 is 15.9 Å². The van der Waals surface area contributed by atoms with Crippen molar-refractivity contribution in [2.24, 2.45) is 0 Å². The minimum Gasteiger partial charge on any atom is -0.493 e. The van der Waals surface area contributed by atoms with Crippen LogP contribution in [0.4, 0.5) is 8.78 Å². The summed E-state index contributed by atoms with van der Waals surface area (Å²) in [6.07, 6.45) is 0. The Bertz CT molecular complexity index is 430. The summed E-state index contributed by atoms with van der Waals surface area (Å²) in [5.74, 6) is -2.05. The van der Waals surface area contributed by atoms with E-state index in [0.29, 0.717) is 16.0 Å². The Morgan fingerprint density at radius 2 is 2.00 bits per heavy atom. The van der Waals surface area contributed by atoms with E-state index in [1.165, 1.54) is 14.2 Å². The third-order valence-corrected chi connectivity index (χ3v) is 3.03. The first kappa shape index (κ1) is 16.1. The Kier molecular flexibility index (Phi) is 5.96. The van der Waals surface area contributed by atoms with Crippen LogP contribution in [0.15, 0.2) is 16.6 Å². The maximum Gasteiger partial charge on any atom is 0.282 e. The molecule has 1 aromatic rings. The molecule has 0 bridgehead atoms. The fourth-order valence-electron chi connectivity index (χ4n) is 1.52. The van der Waals surface area contributed by atoms with Gasteiger partial charge in [0.25, 0.3) is 5.92 Å². The topological polar surface area (TPSA) is 50.7 Å². The van der Waals surface area contributed by atoms with Crippen LogP contribution < -0.4 is 14.8 Å². The van der Waals surface area contributed by atoms with Gasteiger partial charge in [0, 0.05) is 6.54 Å². The van der Waals surface area contributed by atoms with Crippen molar-refractivity contribution in [1.29, 1.82) is 0 Å². The predicted octanol–water partition coefficient (Wildman–Crippen LogP) is 2.18. The van der Waals surface area contributed by atoms with Crippen molar-refractivity contribution in [3.05, 3.63) is 22.2 Å². The van der Waals surface area contributed by atoms with Gasteiger partial charge in [0.2, 0.25) is 0 Å². The zero-order chi connectivity index (χ0) is 14.5. The van der Waals surface area contributed by atoms with Gasteiger partial charge in [-0.05, 0) is 33.6 Å². The molecule has 1 rings (SSSR count). The monoisotopic (exact) mass is 339 g/mol. The van der Waals surface area contributed by atoms with Gasteiger partial charge in [-0.3, -0.25) is 0 Å². The van der Waals surface area contributed by atoms with E-state index in [2.05, 4.69) is 21.2 Å². The molecule has 0 aliphatic heterocycles. The van der Waals surface area contributed by atoms with E-state index < -0.39 is 19.1 Å². The molecule has 108 valence electrons. The molecule has 2 N–H and O–H groups in total. The number of aliphatic hydroxyl groups excluding tert-OH is 1. The lowest BCUT2D eigenvalue weighted by atomic mass is 10.2. The highest BCUT2D eigenvalue weighted by molar-refractivity contribution is 9.10. The van der Waals surface area contributed by atoms with Crippen molar-refractivity contribution < 1.29 is 23.4 Å². The maximum atomic E-state index is 12.8. The molecule has 0 aromatic heterocycles. The van der Waals surface area contributed by atoms with E-state index in [-0.39, 0.29) is 6.54 Å². The van der Waals surface area contributed by atoms with Gasteiger partial charge in [0.05, 0.1) is 25.2 Å². The molecule has 0 amide bonds. The Hall–Kier alpha value is -0.920. The van der Waals surface area contributed by atoms with Crippen molar-refractivity contribution >= 4 is 15.9 Å². The zero-order valence-electron chi connectivity index (χ0n) is 10.7. The Morgan fingerprint density at radius 3 is 2.53 bits per heavy atom. The third-order valence-electron chi connectivity index (χ3n) is 2.44. The second-order valence-corrected chi connectivity index (χ2v) is 4.79. The number of benzene rings is 1. The Balaban J connectivity index is 2.72. The summed E-state index contributed by atoms with van der Waals surface area (Å²) in [6, 6.07) is 3.46. The Morgan fingerprint density at radius 1 is 1.32 bits per heavy atom. The van der Waals surface area contributed by atoms with Crippen molar-refractivity contribution in [1.82, 2.24) is 5.32 Å². The number of methoxy groups -OCH3 is 2. The van der Waals surface area contributed by atoms with Gasteiger partial charge in [-0.25, -0.2) is 8.78 Å². The molecule has 0 aliphatic rings. The van der Waals surface area contributed by atoms with E-state index in [9.17, 15) is 8.78 Å². The molecule has 19 heavy (non-hydrogen) atoms. The van der Waals surface area contributed by atoms with Crippen molar-refractivity contribution in [2.45, 2.75) is 12.5 Å². The minimum atomic E-state index is -3.12. The molecular formula is C12H16BrF2NO3. The standard InChI is InChI=1S/C12H16BrF2NO3/c1-18-10-4-8(3-9(13)11(10)19-2)5-16-6-12(14,15)7-17/h3-4,16-17H,5-7H2,1-2H3. The molecule has 0 unspecified atom stereocenters. The Labute approximate surface area is 118 Å². The minimum absolute atomic E-state index is 0.231. The molecule has 0 aliphatic carbocycles. The summed E-state index contributed by atoms with van der Waals surface area (Å²) in [5.41, 5.74) is 0.762. The van der Waals surface area contributed by atoms with Crippen LogP contribution in [0.1, 0.15) is 5.56 Å². The fraction of sp³-hybridized carbons (Fsp3) is 0.500. The second kappa shape index (κ2) is 7.02. The van der Waals surface area contributed by atoms with E-state index in [4.69, 9.17) is 14.6 Å². The maximum absolute atomic E-state index is 12.8. The largest absolute Gasteiger partial charge is 0.493 e. The molecular weight excluding hydrogens is 324 g/mol. The average Bonchev–Trinajstić information content (AvgIpc) is 2.37. The normalized spacial score (nSPS) is 11.5. The molecule has 0 saturated heterocycles. The molecule has 0 fully saturated rings. The quantitative estimate of drug-likeness (QED) is 0.799. The van der Waals surface area contributed by atoms with Crippen LogP contribution in [-0.4, -0.2) is 38.4 Å². The molecule has 0 saturated carbocycles. The second-order valence-electron chi connectivity index (χ2n) is 3.93. The van der Waals surface area contributed by atoms with Crippen LogP contribution in [-0.2, 0) is 6.54 Å². The van der Waals surface area contributed by atoms with Crippen molar-refractivity contribution in [3.63, 3.8) is 0 Å². The molecule has 7 heteroatoms. The van der Waals surface area contributed by atoms with E-state index in [0.717, 1.165) is 5.56 Å². The third kappa shape index (κ3) is 4.59. The van der Waals surface area contributed by atoms with Crippen molar-refractivity contribution in [2.75, 3.05) is 27.4 Å². The highest BCUT2D eigenvalue weighted by Gasteiger charge is 2.26. The molecule has 0 radical (unpaired) electrons. The number of ether oxygens (including phenoxy) is 2. The highest BCUT2D eigenvalue weighted by atomic mass is 79.9. The number of nitrogens with one attached hydrogen (secondary N) is 1. The first-order valence-corrected chi connectivity index (χ1v) is 6.32. The predicted molar refractivity (Wildman–Crippen MR) is 71.0 cm³/mol. The van der Waals surface area contributed by atoms with Crippen LogP contribution in [0.25, 0.3) is 0 Å². The molecule has 0 heterocycles. The zero-order valence-corrected chi connectivity index (χ0v) is 12.3. The molecule has 4 nitrogen and oxygen atoms in total. The molecule has 0 spiro atoms. The van der Waals surface area contributed by atoms with Gasteiger partial charge >= 0.3 is 0 Å². The SMILES string of the molecule is COc1cc(CNCC(F)(F)CO)cc(Br)c1OC. The summed E-state index contributed by atoms with van der Waals surface area (Å²) in [4.78, 5) is 0. The fourth-order valence-corrected chi connectivity index (χ4v) is 2.17. The van der Waals surface area contributed by atoms with Gasteiger partial charge in [-0.1, -0.05) is 0 Å². The summed E-state index contributed by atoms with van der Waals surface area (Å²) in [6.45, 7) is -1.53. The summed E-state index contributed by atoms with van der Waals surface area (Å²) in [5, 5.41) is 11.0. The number of hydrogen-bond acceptors (Lipinski definition) is 4. The van der Waals surface area contributed by atoms with Crippen LogP contribution in [0.3, 0.4) is 0 Å². The lowest BCUT2D eigenvalue weighted by molar-refractivity contribution is -0.0477. The van der Waals surface area contributed by atoms with Crippen molar-refractivity contribution in [3.8, 4) is 11.5 Å². The molecule has 0 atom stereocenters. The van der Waals surface area contributed by atoms with Gasteiger partial charge in [0.1, 0.15) is 6.61 Å². The smallest absolute Gasteiger partial charge is 0.282 e. The summed E-state index contributed by atoms with van der Waals surface area (Å²) >= 11 is 3.32. The highest BCUT2D eigenvalue weighted by Crippen LogP contribution is 2.36. The molecule has 1 aromatic carbocycles. The number of rotatable bonds is 7. The number of halogens is 3. The number of aliphatic hydroxyl groups is 1. The van der Waals surface area contributed by atoms with Gasteiger partial charge in [0.15, 0.2) is 11.5 Å². The average molecular weight is 340 g/mol. The van der Waals surface area contributed by atoms with E-state index >= 15 is 0 Å². The summed E-state index contributed by atoms with van der Waals surface area (Å²) < 4.78 is 36.7. The van der Waals surface area contributed by atoms with Crippen LogP contribution in [0, 0.1) is 0 Å².